The number of hydrogen-bond donors (Lipinski definition) is 1. The van der Waals surface area contributed by atoms with Crippen molar-refractivity contribution in [3.63, 3.8) is 0 Å². The van der Waals surface area contributed by atoms with Crippen molar-refractivity contribution >= 4 is 11.6 Å². The number of amides is 1. The maximum atomic E-state index is 12.5. The lowest BCUT2D eigenvalue weighted by atomic mass is 10.0. The number of para-hydroxylation sites is 1. The molecule has 2 aliphatic heterocycles. The summed E-state index contributed by atoms with van der Waals surface area (Å²) in [5, 5.41) is 3.07. The molecule has 1 fully saturated rings. The molecule has 0 bridgehead atoms. The summed E-state index contributed by atoms with van der Waals surface area (Å²) in [5.41, 5.74) is 4.79. The molecule has 2 heterocycles. The van der Waals surface area contributed by atoms with E-state index in [1.165, 1.54) is 29.7 Å². The molecule has 0 radical (unpaired) electrons. The predicted octanol–water partition coefficient (Wildman–Crippen LogP) is 3.01. The first-order valence-corrected chi connectivity index (χ1v) is 11.3. The van der Waals surface area contributed by atoms with E-state index in [4.69, 9.17) is 0 Å². The van der Waals surface area contributed by atoms with Gasteiger partial charge in [-0.1, -0.05) is 30.3 Å². The maximum Gasteiger partial charge on any atom is 0.251 e. The first kappa shape index (κ1) is 20.9. The summed E-state index contributed by atoms with van der Waals surface area (Å²) in [7, 11) is 2.17. The zero-order chi connectivity index (χ0) is 20.8. The molecule has 0 unspecified atom stereocenters. The SMILES string of the molecule is CN1CCN(CCCNC(=O)c2ccc(CN3CCCc4ccccc43)cc2)CC1. The number of benzene rings is 2. The minimum Gasteiger partial charge on any atom is -0.367 e. The first-order chi connectivity index (χ1) is 14.7. The molecular weight excluding hydrogens is 372 g/mol. The smallest absolute Gasteiger partial charge is 0.251 e. The Bertz CT molecular complexity index is 827. The van der Waals surface area contributed by atoms with Gasteiger partial charge < -0.3 is 20.0 Å². The molecule has 2 aromatic rings. The van der Waals surface area contributed by atoms with E-state index in [2.05, 4.69) is 63.5 Å². The van der Waals surface area contributed by atoms with Crippen molar-refractivity contribution in [2.75, 3.05) is 57.8 Å². The first-order valence-electron chi connectivity index (χ1n) is 11.3. The monoisotopic (exact) mass is 406 g/mol. The molecule has 0 spiro atoms. The van der Waals surface area contributed by atoms with Crippen molar-refractivity contribution in [1.82, 2.24) is 15.1 Å². The molecule has 4 rings (SSSR count). The Hall–Kier alpha value is -2.37. The zero-order valence-corrected chi connectivity index (χ0v) is 18.1. The van der Waals surface area contributed by atoms with E-state index < -0.39 is 0 Å². The summed E-state index contributed by atoms with van der Waals surface area (Å²) in [6, 6.07) is 16.8. The minimum atomic E-state index is 0.0308. The van der Waals surface area contributed by atoms with Gasteiger partial charge in [-0.3, -0.25) is 4.79 Å². The van der Waals surface area contributed by atoms with Crippen molar-refractivity contribution in [2.24, 2.45) is 0 Å². The fourth-order valence-electron chi connectivity index (χ4n) is 4.44. The number of rotatable bonds is 7. The molecule has 0 saturated carbocycles. The highest BCUT2D eigenvalue weighted by atomic mass is 16.1. The van der Waals surface area contributed by atoms with E-state index >= 15 is 0 Å². The molecule has 5 heteroatoms. The molecule has 2 aliphatic rings. The zero-order valence-electron chi connectivity index (χ0n) is 18.1. The van der Waals surface area contributed by atoms with Crippen LogP contribution in [0.3, 0.4) is 0 Å². The van der Waals surface area contributed by atoms with Gasteiger partial charge in [0.25, 0.3) is 5.91 Å². The van der Waals surface area contributed by atoms with Gasteiger partial charge in [0.1, 0.15) is 0 Å². The Balaban J connectivity index is 1.23. The lowest BCUT2D eigenvalue weighted by Crippen LogP contribution is -2.45. The highest BCUT2D eigenvalue weighted by Gasteiger charge is 2.17. The number of carbonyl (C=O) groups excluding carboxylic acids is 1. The number of carbonyl (C=O) groups is 1. The Kier molecular flexibility index (Phi) is 7.03. The van der Waals surface area contributed by atoms with Gasteiger partial charge >= 0.3 is 0 Å². The second-order valence-electron chi connectivity index (χ2n) is 8.61. The molecule has 30 heavy (non-hydrogen) atoms. The lowest BCUT2D eigenvalue weighted by molar-refractivity contribution is 0.0949. The van der Waals surface area contributed by atoms with E-state index in [0.717, 1.165) is 64.3 Å². The van der Waals surface area contributed by atoms with Crippen LogP contribution in [-0.2, 0) is 13.0 Å². The van der Waals surface area contributed by atoms with Crippen LogP contribution in [0.1, 0.15) is 34.3 Å². The summed E-state index contributed by atoms with van der Waals surface area (Å²) < 4.78 is 0. The van der Waals surface area contributed by atoms with Crippen LogP contribution in [0.2, 0.25) is 0 Å². The minimum absolute atomic E-state index is 0.0308. The molecule has 2 aromatic carbocycles. The Morgan fingerprint density at radius 2 is 1.73 bits per heavy atom. The topological polar surface area (TPSA) is 38.8 Å². The van der Waals surface area contributed by atoms with Gasteiger partial charge in [0, 0.05) is 57.1 Å². The van der Waals surface area contributed by atoms with Crippen molar-refractivity contribution < 1.29 is 4.79 Å². The summed E-state index contributed by atoms with van der Waals surface area (Å²) in [6.07, 6.45) is 3.37. The number of fused-ring (bicyclic) bond motifs is 1. The molecule has 160 valence electrons. The van der Waals surface area contributed by atoms with Gasteiger partial charge in [0.2, 0.25) is 0 Å². The molecular formula is C25H34N4O. The Labute approximate surface area is 180 Å². The molecule has 1 N–H and O–H groups in total. The molecule has 0 aliphatic carbocycles. The number of piperazine rings is 1. The van der Waals surface area contributed by atoms with E-state index in [0.29, 0.717) is 0 Å². The van der Waals surface area contributed by atoms with Crippen LogP contribution in [0.5, 0.6) is 0 Å². The number of anilines is 1. The Morgan fingerprint density at radius 3 is 2.53 bits per heavy atom. The van der Waals surface area contributed by atoms with Gasteiger partial charge in [-0.15, -0.1) is 0 Å². The normalized spacial score (nSPS) is 17.6. The number of nitrogens with zero attached hydrogens (tertiary/aromatic N) is 3. The van der Waals surface area contributed by atoms with Crippen LogP contribution in [0.4, 0.5) is 5.69 Å². The van der Waals surface area contributed by atoms with Crippen LogP contribution in [0, 0.1) is 0 Å². The maximum absolute atomic E-state index is 12.5. The van der Waals surface area contributed by atoms with E-state index in [-0.39, 0.29) is 5.91 Å². The third kappa shape index (κ3) is 5.41. The van der Waals surface area contributed by atoms with E-state index in [1.54, 1.807) is 0 Å². The fraction of sp³-hybridized carbons (Fsp3) is 0.480. The van der Waals surface area contributed by atoms with Crippen molar-refractivity contribution in [3.8, 4) is 0 Å². The predicted molar refractivity (Wildman–Crippen MR) is 123 cm³/mol. The average molecular weight is 407 g/mol. The van der Waals surface area contributed by atoms with Gasteiger partial charge in [-0.25, -0.2) is 0 Å². The number of hydrogen-bond acceptors (Lipinski definition) is 4. The highest BCUT2D eigenvalue weighted by molar-refractivity contribution is 5.94. The number of nitrogens with one attached hydrogen (secondary N) is 1. The van der Waals surface area contributed by atoms with Gasteiger partial charge in [-0.05, 0) is 62.2 Å². The van der Waals surface area contributed by atoms with E-state index in [1.807, 2.05) is 12.1 Å². The second-order valence-corrected chi connectivity index (χ2v) is 8.61. The van der Waals surface area contributed by atoms with Crippen molar-refractivity contribution in [1.29, 1.82) is 0 Å². The lowest BCUT2D eigenvalue weighted by Gasteiger charge is -2.32. The van der Waals surface area contributed by atoms with E-state index in [9.17, 15) is 4.79 Å². The van der Waals surface area contributed by atoms with Gasteiger partial charge in [0.15, 0.2) is 0 Å². The third-order valence-electron chi connectivity index (χ3n) is 6.33. The largest absolute Gasteiger partial charge is 0.367 e. The highest BCUT2D eigenvalue weighted by Crippen LogP contribution is 2.28. The molecule has 0 atom stereocenters. The summed E-state index contributed by atoms with van der Waals surface area (Å²) >= 11 is 0. The van der Waals surface area contributed by atoms with Crippen LogP contribution in [0.25, 0.3) is 0 Å². The van der Waals surface area contributed by atoms with Crippen molar-refractivity contribution in [2.45, 2.75) is 25.8 Å². The number of likely N-dealkylation sites (N-methyl/N-ethyl adjacent to an activating group) is 1. The molecule has 1 saturated heterocycles. The van der Waals surface area contributed by atoms with Crippen LogP contribution in [0.15, 0.2) is 48.5 Å². The Morgan fingerprint density at radius 1 is 0.967 bits per heavy atom. The molecule has 1 amide bonds. The number of aryl methyl sites for hydroxylation is 1. The van der Waals surface area contributed by atoms with Crippen molar-refractivity contribution in [3.05, 3.63) is 65.2 Å². The summed E-state index contributed by atoms with van der Waals surface area (Å²) in [6.45, 7) is 8.32. The molecule has 5 nitrogen and oxygen atoms in total. The fourth-order valence-corrected chi connectivity index (χ4v) is 4.44. The third-order valence-corrected chi connectivity index (χ3v) is 6.33. The van der Waals surface area contributed by atoms with Gasteiger partial charge in [-0.2, -0.15) is 0 Å². The summed E-state index contributed by atoms with van der Waals surface area (Å²) in [5.74, 6) is 0.0308. The van der Waals surface area contributed by atoms with Gasteiger partial charge in [0.05, 0.1) is 0 Å². The van der Waals surface area contributed by atoms with Crippen LogP contribution in [-0.4, -0.2) is 68.6 Å². The van der Waals surface area contributed by atoms with Crippen LogP contribution >= 0.6 is 0 Å². The molecule has 0 aromatic heterocycles. The standard InChI is InChI=1S/C25H34N4O/c1-27-16-18-28(19-17-27)14-5-13-26-25(30)23-11-9-21(10-12-23)20-29-15-4-7-22-6-2-3-8-24(22)29/h2-3,6,8-12H,4-5,7,13-20H2,1H3,(H,26,30). The quantitative estimate of drug-likeness (QED) is 0.718. The summed E-state index contributed by atoms with van der Waals surface area (Å²) in [4.78, 5) is 19.8. The van der Waals surface area contributed by atoms with Crippen LogP contribution < -0.4 is 10.2 Å². The average Bonchev–Trinajstić information content (AvgIpc) is 2.78. The second kappa shape index (κ2) is 10.1.